The molecule has 0 fully saturated rings. The Morgan fingerprint density at radius 1 is 1.41 bits per heavy atom. The quantitative estimate of drug-likeness (QED) is 0.911. The predicted octanol–water partition coefficient (Wildman–Crippen LogP) is 3.67. The molecular weight excluding hydrogens is 261 g/mol. The summed E-state index contributed by atoms with van der Waals surface area (Å²) in [5, 5.41) is 3.86. The molecule has 0 heterocycles. The molecule has 0 atom stereocenters. The van der Waals surface area contributed by atoms with E-state index in [2.05, 4.69) is 5.32 Å². The summed E-state index contributed by atoms with van der Waals surface area (Å²) in [6.07, 6.45) is 0.114. The molecule has 17 heavy (non-hydrogen) atoms. The topological polar surface area (TPSA) is 38.3 Å². The molecule has 1 amide bonds. The lowest BCUT2D eigenvalue weighted by molar-refractivity contribution is 0.116. The number of alkyl carbamates (subject to hydrolysis) is 1. The van der Waals surface area contributed by atoms with Crippen LogP contribution in [-0.4, -0.2) is 18.7 Å². The molecular formula is C12H15Cl2NO2. The van der Waals surface area contributed by atoms with Crippen LogP contribution in [-0.2, 0) is 11.2 Å². The molecule has 0 unspecified atom stereocenters. The first-order valence-electron chi connectivity index (χ1n) is 5.37. The Morgan fingerprint density at radius 2 is 2.12 bits per heavy atom. The molecule has 94 valence electrons. The Hall–Kier alpha value is -0.930. The van der Waals surface area contributed by atoms with Gasteiger partial charge in [-0.05, 0) is 38.0 Å². The van der Waals surface area contributed by atoms with Gasteiger partial charge in [-0.25, -0.2) is 4.79 Å². The molecule has 3 nitrogen and oxygen atoms in total. The number of carbonyl (C=O) groups is 1. The number of hydrogen-bond acceptors (Lipinski definition) is 2. The molecule has 0 saturated carbocycles. The van der Waals surface area contributed by atoms with Crippen molar-refractivity contribution >= 4 is 29.3 Å². The molecule has 0 radical (unpaired) electrons. The Morgan fingerprint density at radius 3 is 2.71 bits per heavy atom. The third kappa shape index (κ3) is 5.29. The van der Waals surface area contributed by atoms with E-state index in [9.17, 15) is 4.79 Å². The van der Waals surface area contributed by atoms with Crippen LogP contribution in [0.4, 0.5) is 4.79 Å². The number of carbonyl (C=O) groups excluding carboxylic acids is 1. The SMILES string of the molecule is CC(C)OC(=O)NCCc1ccc(Cl)cc1Cl. The lowest BCUT2D eigenvalue weighted by Gasteiger charge is -2.10. The number of nitrogens with one attached hydrogen (secondary N) is 1. The van der Waals surface area contributed by atoms with Crippen molar-refractivity contribution in [3.63, 3.8) is 0 Å². The highest BCUT2D eigenvalue weighted by Gasteiger charge is 2.05. The van der Waals surface area contributed by atoms with Gasteiger partial charge in [0, 0.05) is 16.6 Å². The van der Waals surface area contributed by atoms with Gasteiger partial charge in [0.15, 0.2) is 0 Å². The molecule has 1 aromatic rings. The summed E-state index contributed by atoms with van der Waals surface area (Å²) in [6.45, 7) is 4.08. The molecule has 0 aromatic heterocycles. The van der Waals surface area contributed by atoms with Crippen LogP contribution >= 0.6 is 23.2 Å². The third-order valence-corrected chi connectivity index (χ3v) is 2.61. The van der Waals surface area contributed by atoms with E-state index in [0.29, 0.717) is 23.0 Å². The van der Waals surface area contributed by atoms with Gasteiger partial charge in [-0.15, -0.1) is 0 Å². The number of rotatable bonds is 4. The number of hydrogen-bond donors (Lipinski definition) is 1. The summed E-state index contributed by atoms with van der Waals surface area (Å²) in [7, 11) is 0. The molecule has 0 aliphatic heterocycles. The lowest BCUT2D eigenvalue weighted by Crippen LogP contribution is -2.28. The fourth-order valence-corrected chi connectivity index (χ4v) is 1.78. The third-order valence-electron chi connectivity index (χ3n) is 2.02. The highest BCUT2D eigenvalue weighted by Crippen LogP contribution is 2.20. The van der Waals surface area contributed by atoms with Gasteiger partial charge in [-0.1, -0.05) is 29.3 Å². The van der Waals surface area contributed by atoms with Gasteiger partial charge in [0.05, 0.1) is 6.10 Å². The van der Waals surface area contributed by atoms with Crippen LogP contribution in [0.3, 0.4) is 0 Å². The summed E-state index contributed by atoms with van der Waals surface area (Å²) in [6, 6.07) is 5.31. The van der Waals surface area contributed by atoms with E-state index in [1.165, 1.54) is 0 Å². The van der Waals surface area contributed by atoms with Gasteiger partial charge < -0.3 is 10.1 Å². The van der Waals surface area contributed by atoms with Crippen molar-refractivity contribution in [2.24, 2.45) is 0 Å². The molecule has 0 aliphatic rings. The molecule has 1 aromatic carbocycles. The second kappa shape index (κ2) is 6.72. The zero-order valence-electron chi connectivity index (χ0n) is 9.80. The fourth-order valence-electron chi connectivity index (χ4n) is 1.28. The highest BCUT2D eigenvalue weighted by atomic mass is 35.5. The van der Waals surface area contributed by atoms with E-state index in [-0.39, 0.29) is 6.10 Å². The lowest BCUT2D eigenvalue weighted by atomic mass is 10.1. The normalized spacial score (nSPS) is 10.4. The van der Waals surface area contributed by atoms with Crippen LogP contribution in [0.2, 0.25) is 10.0 Å². The van der Waals surface area contributed by atoms with Gasteiger partial charge in [0.25, 0.3) is 0 Å². The van der Waals surface area contributed by atoms with Crippen LogP contribution in [0.15, 0.2) is 18.2 Å². The first kappa shape index (κ1) is 14.1. The van der Waals surface area contributed by atoms with Crippen molar-refractivity contribution in [3.05, 3.63) is 33.8 Å². The monoisotopic (exact) mass is 275 g/mol. The Kier molecular flexibility index (Phi) is 5.59. The summed E-state index contributed by atoms with van der Waals surface area (Å²) in [4.78, 5) is 11.2. The highest BCUT2D eigenvalue weighted by molar-refractivity contribution is 6.35. The predicted molar refractivity (Wildman–Crippen MR) is 69.8 cm³/mol. The van der Waals surface area contributed by atoms with Crippen molar-refractivity contribution in [1.29, 1.82) is 0 Å². The minimum atomic E-state index is -0.412. The molecule has 0 spiro atoms. The van der Waals surface area contributed by atoms with E-state index < -0.39 is 6.09 Å². The van der Waals surface area contributed by atoms with Gasteiger partial charge in [-0.2, -0.15) is 0 Å². The van der Waals surface area contributed by atoms with E-state index >= 15 is 0 Å². The maximum atomic E-state index is 11.2. The average Bonchev–Trinajstić information content (AvgIpc) is 2.20. The van der Waals surface area contributed by atoms with E-state index in [4.69, 9.17) is 27.9 Å². The van der Waals surface area contributed by atoms with Gasteiger partial charge in [-0.3, -0.25) is 0 Å². The standard InChI is InChI=1S/C12H15Cl2NO2/c1-8(2)17-12(16)15-6-5-9-3-4-10(13)7-11(9)14/h3-4,7-8H,5-6H2,1-2H3,(H,15,16). The Labute approximate surface area is 111 Å². The summed E-state index contributed by atoms with van der Waals surface area (Å²) in [5.41, 5.74) is 0.945. The molecule has 1 rings (SSSR count). The first-order valence-corrected chi connectivity index (χ1v) is 6.13. The van der Waals surface area contributed by atoms with Gasteiger partial charge >= 0.3 is 6.09 Å². The number of ether oxygens (including phenoxy) is 1. The van der Waals surface area contributed by atoms with Gasteiger partial charge in [0.1, 0.15) is 0 Å². The zero-order valence-corrected chi connectivity index (χ0v) is 11.3. The Bertz CT molecular complexity index is 394. The van der Waals surface area contributed by atoms with Crippen molar-refractivity contribution in [2.45, 2.75) is 26.4 Å². The van der Waals surface area contributed by atoms with Crippen molar-refractivity contribution in [3.8, 4) is 0 Å². The first-order chi connectivity index (χ1) is 7.99. The molecule has 1 N–H and O–H groups in total. The largest absolute Gasteiger partial charge is 0.447 e. The summed E-state index contributed by atoms with van der Waals surface area (Å²) in [5.74, 6) is 0. The van der Waals surface area contributed by atoms with Crippen LogP contribution < -0.4 is 5.32 Å². The Balaban J connectivity index is 2.38. The van der Waals surface area contributed by atoms with E-state index in [1.807, 2.05) is 6.07 Å². The second-order valence-electron chi connectivity index (χ2n) is 3.87. The molecule has 0 aliphatic carbocycles. The van der Waals surface area contributed by atoms with Crippen LogP contribution in [0, 0.1) is 0 Å². The molecule has 0 saturated heterocycles. The second-order valence-corrected chi connectivity index (χ2v) is 4.71. The number of benzene rings is 1. The van der Waals surface area contributed by atoms with Gasteiger partial charge in [0.2, 0.25) is 0 Å². The van der Waals surface area contributed by atoms with Crippen molar-refractivity contribution < 1.29 is 9.53 Å². The summed E-state index contributed by atoms with van der Waals surface area (Å²) >= 11 is 11.8. The minimum absolute atomic E-state index is 0.117. The van der Waals surface area contributed by atoms with E-state index in [0.717, 1.165) is 5.56 Å². The minimum Gasteiger partial charge on any atom is -0.447 e. The number of amides is 1. The van der Waals surface area contributed by atoms with Crippen LogP contribution in [0.5, 0.6) is 0 Å². The summed E-state index contributed by atoms with van der Waals surface area (Å²) < 4.78 is 4.93. The number of halogens is 2. The van der Waals surface area contributed by atoms with Crippen LogP contribution in [0.1, 0.15) is 19.4 Å². The van der Waals surface area contributed by atoms with E-state index in [1.54, 1.807) is 26.0 Å². The van der Waals surface area contributed by atoms with Crippen LogP contribution in [0.25, 0.3) is 0 Å². The average molecular weight is 276 g/mol. The maximum absolute atomic E-state index is 11.2. The van der Waals surface area contributed by atoms with Crippen molar-refractivity contribution in [1.82, 2.24) is 5.32 Å². The molecule has 0 bridgehead atoms. The smallest absolute Gasteiger partial charge is 0.407 e. The fraction of sp³-hybridized carbons (Fsp3) is 0.417. The van der Waals surface area contributed by atoms with Crippen molar-refractivity contribution in [2.75, 3.05) is 6.54 Å². The molecule has 5 heteroatoms. The zero-order chi connectivity index (χ0) is 12.8. The maximum Gasteiger partial charge on any atom is 0.407 e.